The molecule has 0 radical (unpaired) electrons. The second-order valence-electron chi connectivity index (χ2n) is 4.75. The van der Waals surface area contributed by atoms with Gasteiger partial charge in [0.1, 0.15) is 5.75 Å². The summed E-state index contributed by atoms with van der Waals surface area (Å²) in [6.07, 6.45) is 3.64. The van der Waals surface area contributed by atoms with Crippen molar-refractivity contribution in [2.45, 2.75) is 59.0 Å². The largest absolute Gasteiger partial charge is 0.494 e. The van der Waals surface area contributed by atoms with Gasteiger partial charge in [0, 0.05) is 17.6 Å². The zero-order chi connectivity index (χ0) is 13.4. The summed E-state index contributed by atoms with van der Waals surface area (Å²) in [7, 11) is 0. The molecule has 0 aliphatic carbocycles. The summed E-state index contributed by atoms with van der Waals surface area (Å²) in [6, 6.07) is 9.25. The number of benzene rings is 1. The van der Waals surface area contributed by atoms with Crippen LogP contribution in [0.1, 0.15) is 58.6 Å². The van der Waals surface area contributed by atoms with E-state index in [-0.39, 0.29) is 0 Å². The van der Waals surface area contributed by atoms with Crippen molar-refractivity contribution in [3.8, 4) is 5.75 Å². The SMILES string of the molecule is CCCC(CC)NC(C)c1ccccc1OCC. The van der Waals surface area contributed by atoms with Gasteiger partial charge in [-0.1, -0.05) is 38.5 Å². The van der Waals surface area contributed by atoms with Gasteiger partial charge in [0.15, 0.2) is 0 Å². The molecule has 2 atom stereocenters. The smallest absolute Gasteiger partial charge is 0.124 e. The lowest BCUT2D eigenvalue weighted by Gasteiger charge is -2.23. The van der Waals surface area contributed by atoms with Gasteiger partial charge in [0.25, 0.3) is 0 Å². The summed E-state index contributed by atoms with van der Waals surface area (Å²) in [5, 5.41) is 3.70. The first-order valence-corrected chi connectivity index (χ1v) is 7.20. The topological polar surface area (TPSA) is 21.3 Å². The Balaban J connectivity index is 2.73. The summed E-state index contributed by atoms with van der Waals surface area (Å²) < 4.78 is 5.69. The molecule has 0 aliphatic rings. The highest BCUT2D eigenvalue weighted by Gasteiger charge is 2.14. The summed E-state index contributed by atoms with van der Waals surface area (Å²) >= 11 is 0. The zero-order valence-corrected chi connectivity index (χ0v) is 12.2. The molecule has 0 saturated heterocycles. The molecule has 1 aromatic rings. The molecule has 0 fully saturated rings. The van der Waals surface area contributed by atoms with Crippen molar-refractivity contribution >= 4 is 0 Å². The van der Waals surface area contributed by atoms with Crippen LogP contribution < -0.4 is 10.1 Å². The fourth-order valence-corrected chi connectivity index (χ4v) is 2.32. The van der Waals surface area contributed by atoms with Crippen LogP contribution in [0.15, 0.2) is 24.3 Å². The summed E-state index contributed by atoms with van der Waals surface area (Å²) in [5.41, 5.74) is 1.26. The van der Waals surface area contributed by atoms with Crippen LogP contribution >= 0.6 is 0 Å². The molecule has 1 rings (SSSR count). The predicted molar refractivity (Wildman–Crippen MR) is 78.1 cm³/mol. The molecule has 0 saturated carbocycles. The van der Waals surface area contributed by atoms with Gasteiger partial charge in [-0.3, -0.25) is 0 Å². The first-order chi connectivity index (χ1) is 8.72. The number of ether oxygens (including phenoxy) is 1. The van der Waals surface area contributed by atoms with Crippen LogP contribution in [-0.2, 0) is 0 Å². The Morgan fingerprint density at radius 1 is 1.17 bits per heavy atom. The van der Waals surface area contributed by atoms with Gasteiger partial charge in [0.05, 0.1) is 6.61 Å². The molecule has 0 aliphatic heterocycles. The van der Waals surface area contributed by atoms with Crippen molar-refractivity contribution in [3.05, 3.63) is 29.8 Å². The molecule has 1 N–H and O–H groups in total. The molecule has 0 heterocycles. The van der Waals surface area contributed by atoms with E-state index in [0.717, 1.165) is 12.4 Å². The molecule has 0 aromatic heterocycles. The maximum absolute atomic E-state index is 5.69. The van der Waals surface area contributed by atoms with E-state index in [2.05, 4.69) is 44.3 Å². The number of nitrogens with one attached hydrogen (secondary N) is 1. The molecule has 2 unspecified atom stereocenters. The Morgan fingerprint density at radius 3 is 2.50 bits per heavy atom. The van der Waals surface area contributed by atoms with Crippen LogP contribution in [0.4, 0.5) is 0 Å². The number of rotatable bonds is 8. The maximum Gasteiger partial charge on any atom is 0.124 e. The van der Waals surface area contributed by atoms with Gasteiger partial charge in [-0.05, 0) is 32.8 Å². The third kappa shape index (κ3) is 4.34. The summed E-state index contributed by atoms with van der Waals surface area (Å²) in [6.45, 7) is 9.45. The monoisotopic (exact) mass is 249 g/mol. The summed E-state index contributed by atoms with van der Waals surface area (Å²) in [4.78, 5) is 0. The van der Waals surface area contributed by atoms with E-state index in [0.29, 0.717) is 12.1 Å². The molecule has 2 heteroatoms. The van der Waals surface area contributed by atoms with E-state index >= 15 is 0 Å². The molecule has 2 nitrogen and oxygen atoms in total. The third-order valence-corrected chi connectivity index (χ3v) is 3.30. The van der Waals surface area contributed by atoms with E-state index in [1.54, 1.807) is 0 Å². The maximum atomic E-state index is 5.69. The molecular weight excluding hydrogens is 222 g/mol. The average Bonchev–Trinajstić information content (AvgIpc) is 2.39. The summed E-state index contributed by atoms with van der Waals surface area (Å²) in [5.74, 6) is 1.01. The van der Waals surface area contributed by atoms with Gasteiger partial charge in [-0.25, -0.2) is 0 Å². The van der Waals surface area contributed by atoms with Crippen LogP contribution in [0.5, 0.6) is 5.75 Å². The lowest BCUT2D eigenvalue weighted by molar-refractivity contribution is 0.328. The molecule has 0 amide bonds. The number of hydrogen-bond acceptors (Lipinski definition) is 2. The van der Waals surface area contributed by atoms with Gasteiger partial charge < -0.3 is 10.1 Å². The number of para-hydroxylation sites is 1. The highest BCUT2D eigenvalue weighted by Crippen LogP contribution is 2.25. The van der Waals surface area contributed by atoms with Crippen LogP contribution in [0.25, 0.3) is 0 Å². The lowest BCUT2D eigenvalue weighted by atomic mass is 10.0. The van der Waals surface area contributed by atoms with Crippen molar-refractivity contribution in [1.29, 1.82) is 0 Å². The second-order valence-corrected chi connectivity index (χ2v) is 4.75. The Kier molecular flexibility index (Phi) is 6.81. The van der Waals surface area contributed by atoms with Gasteiger partial charge in [-0.15, -0.1) is 0 Å². The highest BCUT2D eigenvalue weighted by atomic mass is 16.5. The number of hydrogen-bond donors (Lipinski definition) is 1. The predicted octanol–water partition coefficient (Wildman–Crippen LogP) is 4.31. The fraction of sp³-hybridized carbons (Fsp3) is 0.625. The third-order valence-electron chi connectivity index (χ3n) is 3.30. The van der Waals surface area contributed by atoms with Crippen LogP contribution in [0.3, 0.4) is 0 Å². The highest BCUT2D eigenvalue weighted by molar-refractivity contribution is 5.35. The Labute approximate surface area is 112 Å². The van der Waals surface area contributed by atoms with E-state index in [1.165, 1.54) is 24.8 Å². The van der Waals surface area contributed by atoms with Crippen LogP contribution in [-0.4, -0.2) is 12.6 Å². The Bertz CT molecular complexity index is 338. The van der Waals surface area contributed by atoms with Crippen molar-refractivity contribution in [2.75, 3.05) is 6.61 Å². The second kappa shape index (κ2) is 8.15. The van der Waals surface area contributed by atoms with Crippen LogP contribution in [0, 0.1) is 0 Å². The van der Waals surface area contributed by atoms with Gasteiger partial charge in [-0.2, -0.15) is 0 Å². The average molecular weight is 249 g/mol. The normalized spacial score (nSPS) is 14.2. The fourth-order valence-electron chi connectivity index (χ4n) is 2.32. The molecule has 0 spiro atoms. The van der Waals surface area contributed by atoms with Crippen LogP contribution in [0.2, 0.25) is 0 Å². The van der Waals surface area contributed by atoms with E-state index < -0.39 is 0 Å². The van der Waals surface area contributed by atoms with E-state index in [4.69, 9.17) is 4.74 Å². The minimum Gasteiger partial charge on any atom is -0.494 e. The van der Waals surface area contributed by atoms with E-state index in [1.807, 2.05) is 13.0 Å². The zero-order valence-electron chi connectivity index (χ0n) is 12.2. The van der Waals surface area contributed by atoms with Crippen molar-refractivity contribution in [3.63, 3.8) is 0 Å². The minimum absolute atomic E-state index is 0.337. The molecular formula is C16H27NO. The van der Waals surface area contributed by atoms with Gasteiger partial charge >= 0.3 is 0 Å². The quantitative estimate of drug-likeness (QED) is 0.741. The Morgan fingerprint density at radius 2 is 1.89 bits per heavy atom. The standard InChI is InChI=1S/C16H27NO/c1-5-10-14(6-2)17-13(4)15-11-8-9-12-16(15)18-7-3/h8-9,11-14,17H,5-7,10H2,1-4H3. The first-order valence-electron chi connectivity index (χ1n) is 7.20. The van der Waals surface area contributed by atoms with Crippen molar-refractivity contribution in [2.24, 2.45) is 0 Å². The first kappa shape index (κ1) is 15.0. The molecule has 0 bridgehead atoms. The minimum atomic E-state index is 0.337. The van der Waals surface area contributed by atoms with Crippen molar-refractivity contribution in [1.82, 2.24) is 5.32 Å². The Hall–Kier alpha value is -1.02. The molecule has 18 heavy (non-hydrogen) atoms. The molecule has 1 aromatic carbocycles. The molecule has 102 valence electrons. The van der Waals surface area contributed by atoms with E-state index in [9.17, 15) is 0 Å². The van der Waals surface area contributed by atoms with Crippen molar-refractivity contribution < 1.29 is 4.74 Å². The van der Waals surface area contributed by atoms with Gasteiger partial charge in [0.2, 0.25) is 0 Å². The lowest BCUT2D eigenvalue weighted by Crippen LogP contribution is -2.31.